The van der Waals surface area contributed by atoms with E-state index in [-0.39, 0.29) is 5.56 Å². The summed E-state index contributed by atoms with van der Waals surface area (Å²) in [6, 6.07) is 19.9. The smallest absolute Gasteiger partial charge is 0.349 e. The Morgan fingerprint density at radius 2 is 1.82 bits per heavy atom. The van der Waals surface area contributed by atoms with E-state index in [4.69, 9.17) is 15.1 Å². The maximum absolute atomic E-state index is 12.4. The third-order valence-electron chi connectivity index (χ3n) is 5.59. The normalized spacial score (nSPS) is 11.3. The summed E-state index contributed by atoms with van der Waals surface area (Å²) in [6.45, 7) is 2.26. The van der Waals surface area contributed by atoms with E-state index in [0.29, 0.717) is 34.5 Å². The molecule has 2 aromatic heterocycles. The molecule has 0 atom stereocenters. The van der Waals surface area contributed by atoms with Crippen molar-refractivity contribution in [2.75, 3.05) is 5.32 Å². The molecule has 3 N–H and O–H groups in total. The predicted octanol–water partition coefficient (Wildman–Crippen LogP) is 5.55. The molecule has 34 heavy (non-hydrogen) atoms. The van der Waals surface area contributed by atoms with Gasteiger partial charge in [-0.05, 0) is 99.6 Å². The van der Waals surface area contributed by atoms with E-state index in [1.165, 1.54) is 0 Å². The molecule has 5 aromatic rings. The molecule has 5 rings (SSSR count). The van der Waals surface area contributed by atoms with Crippen molar-refractivity contribution in [1.29, 1.82) is 0 Å². The Morgan fingerprint density at radius 3 is 2.53 bits per heavy atom. The van der Waals surface area contributed by atoms with Gasteiger partial charge in [0.25, 0.3) is 5.91 Å². The molecule has 0 saturated carbocycles. The van der Waals surface area contributed by atoms with Crippen LogP contribution in [0.15, 0.2) is 69.9 Å². The minimum atomic E-state index is -0.807. The quantitative estimate of drug-likeness (QED) is 0.188. The van der Waals surface area contributed by atoms with Crippen LogP contribution in [-0.2, 0) is 6.54 Å². The molecule has 9 heteroatoms. The minimum absolute atomic E-state index is 0.137. The fourth-order valence-corrected chi connectivity index (χ4v) is 5.17. The van der Waals surface area contributed by atoms with Gasteiger partial charge >= 0.3 is 5.63 Å². The molecule has 0 bridgehead atoms. The number of hydrogen-bond donors (Lipinski definition) is 2. The minimum Gasteiger partial charge on any atom is -0.422 e. The maximum atomic E-state index is 12.4. The summed E-state index contributed by atoms with van der Waals surface area (Å²) in [6.07, 6.45) is 0. The Labute approximate surface area is 221 Å². The van der Waals surface area contributed by atoms with Crippen molar-refractivity contribution in [2.45, 2.75) is 13.5 Å². The summed E-state index contributed by atoms with van der Waals surface area (Å²) in [7, 11) is 0. The topological polar surface area (TPSA) is 103 Å². The number of imidazole rings is 1. The average Bonchev–Trinajstić information content (AvgIpc) is 3.08. The summed E-state index contributed by atoms with van der Waals surface area (Å²) in [5, 5.41) is 4.05. The first kappa shape index (κ1) is 22.8. The molecule has 0 unspecified atom stereocenters. The van der Waals surface area contributed by atoms with Gasteiger partial charge in [-0.1, -0.05) is 18.2 Å². The number of rotatable bonds is 5. The van der Waals surface area contributed by atoms with Gasteiger partial charge in [0.1, 0.15) is 11.1 Å². The van der Waals surface area contributed by atoms with Crippen LogP contribution in [0.1, 0.15) is 21.5 Å². The second kappa shape index (κ2) is 9.02. The zero-order chi connectivity index (χ0) is 24.0. The first-order chi connectivity index (χ1) is 16.3. The van der Waals surface area contributed by atoms with Crippen molar-refractivity contribution < 1.29 is 9.21 Å². The predicted molar refractivity (Wildman–Crippen MR) is 150 cm³/mol. The number of aromatic nitrogens is 2. The van der Waals surface area contributed by atoms with Gasteiger partial charge in [-0.15, -0.1) is 0 Å². The Hall–Kier alpha value is -2.93. The molecule has 3 aromatic carbocycles. The van der Waals surface area contributed by atoms with Gasteiger partial charge < -0.3 is 20.0 Å². The monoisotopic (exact) mass is 676 g/mol. The highest BCUT2D eigenvalue weighted by molar-refractivity contribution is 14.1. The molecule has 2 heterocycles. The molecule has 0 fully saturated rings. The number of amides is 1. The van der Waals surface area contributed by atoms with E-state index < -0.39 is 11.5 Å². The van der Waals surface area contributed by atoms with Gasteiger partial charge in [-0.3, -0.25) is 4.79 Å². The Bertz CT molecular complexity index is 1660. The number of nitrogens with two attached hydrogens (primary N) is 1. The zero-order valence-corrected chi connectivity index (χ0v) is 22.2. The highest BCUT2D eigenvalue weighted by atomic mass is 127. The van der Waals surface area contributed by atoms with Crippen molar-refractivity contribution in [3.8, 4) is 0 Å². The van der Waals surface area contributed by atoms with Crippen molar-refractivity contribution in [3.63, 3.8) is 0 Å². The van der Waals surface area contributed by atoms with E-state index in [1.54, 1.807) is 13.0 Å². The highest BCUT2D eigenvalue weighted by Crippen LogP contribution is 2.30. The molecular weight excluding hydrogens is 658 g/mol. The Kier molecular flexibility index (Phi) is 6.06. The van der Waals surface area contributed by atoms with Gasteiger partial charge in [0, 0.05) is 24.3 Å². The lowest BCUT2D eigenvalue weighted by molar-refractivity contribution is 0.0996. The molecule has 1 amide bonds. The summed E-state index contributed by atoms with van der Waals surface area (Å²) in [4.78, 5) is 29.1. The number of halogens is 2. The van der Waals surface area contributed by atoms with Crippen molar-refractivity contribution in [2.24, 2.45) is 5.73 Å². The van der Waals surface area contributed by atoms with Gasteiger partial charge in [0.2, 0.25) is 5.95 Å². The Morgan fingerprint density at radius 1 is 1.09 bits per heavy atom. The molecule has 0 aliphatic rings. The summed E-state index contributed by atoms with van der Waals surface area (Å²) in [5.41, 5.74) is 8.93. The molecule has 0 aliphatic heterocycles. The summed E-state index contributed by atoms with van der Waals surface area (Å²) in [5.74, 6) is -0.153. The second-order valence-corrected chi connectivity index (χ2v) is 10.4. The SMILES string of the molecule is Cc1c(C(N)=O)c(=O)oc2cc3c(cc12)nc(Nc1cccc(I)c1)n3Cc1cccc(I)c1. The number of aryl methyl sites for hydroxylation is 1. The van der Waals surface area contributed by atoms with Gasteiger partial charge in [-0.2, -0.15) is 0 Å². The van der Waals surface area contributed by atoms with Crippen molar-refractivity contribution in [1.82, 2.24) is 9.55 Å². The van der Waals surface area contributed by atoms with Crippen LogP contribution in [0, 0.1) is 14.1 Å². The first-order valence-corrected chi connectivity index (χ1v) is 12.5. The van der Waals surface area contributed by atoms with Gasteiger partial charge in [-0.25, -0.2) is 9.78 Å². The molecule has 0 radical (unpaired) electrons. The first-order valence-electron chi connectivity index (χ1n) is 10.3. The number of carbonyl (C=O) groups is 1. The van der Waals surface area contributed by atoms with E-state index in [1.807, 2.05) is 42.5 Å². The number of benzene rings is 3. The molecule has 170 valence electrons. The summed E-state index contributed by atoms with van der Waals surface area (Å²) >= 11 is 4.56. The number of nitrogens with zero attached hydrogens (tertiary/aromatic N) is 2. The lowest BCUT2D eigenvalue weighted by Crippen LogP contribution is -2.22. The number of anilines is 2. The van der Waals surface area contributed by atoms with E-state index in [9.17, 15) is 9.59 Å². The fraction of sp³-hybridized carbons (Fsp3) is 0.0800. The van der Waals surface area contributed by atoms with Crippen LogP contribution in [0.25, 0.3) is 22.0 Å². The molecule has 7 nitrogen and oxygen atoms in total. The lowest BCUT2D eigenvalue weighted by atomic mass is 10.1. The number of nitrogens with one attached hydrogen (secondary N) is 1. The molecular formula is C25H18I2N4O3. The van der Waals surface area contributed by atoms with E-state index >= 15 is 0 Å². The van der Waals surface area contributed by atoms with E-state index in [0.717, 1.165) is 23.9 Å². The van der Waals surface area contributed by atoms with E-state index in [2.05, 4.69) is 67.2 Å². The van der Waals surface area contributed by atoms with Crippen molar-refractivity contribution >= 4 is 84.7 Å². The maximum Gasteiger partial charge on any atom is 0.349 e. The Balaban J connectivity index is 1.74. The van der Waals surface area contributed by atoms with Gasteiger partial charge in [0.05, 0.1) is 17.6 Å². The fourth-order valence-electron chi connectivity index (χ4n) is 4.02. The third kappa shape index (κ3) is 4.29. The van der Waals surface area contributed by atoms with Crippen LogP contribution in [0.3, 0.4) is 0 Å². The van der Waals surface area contributed by atoms with Crippen molar-refractivity contribution in [3.05, 3.63) is 94.9 Å². The number of hydrogen-bond acceptors (Lipinski definition) is 5. The third-order valence-corrected chi connectivity index (χ3v) is 6.93. The number of primary amides is 1. The summed E-state index contributed by atoms with van der Waals surface area (Å²) < 4.78 is 9.78. The molecule has 0 spiro atoms. The van der Waals surface area contributed by atoms with Crippen LogP contribution < -0.4 is 16.7 Å². The van der Waals surface area contributed by atoms with Crippen LogP contribution in [0.5, 0.6) is 0 Å². The largest absolute Gasteiger partial charge is 0.422 e. The molecule has 0 aliphatic carbocycles. The lowest BCUT2D eigenvalue weighted by Gasteiger charge is -2.12. The van der Waals surface area contributed by atoms with Crippen LogP contribution >= 0.6 is 45.2 Å². The number of fused-ring (bicyclic) bond motifs is 2. The second-order valence-electron chi connectivity index (χ2n) is 7.88. The zero-order valence-electron chi connectivity index (χ0n) is 17.9. The molecule has 0 saturated heterocycles. The van der Waals surface area contributed by atoms with Gasteiger partial charge in [0.15, 0.2) is 0 Å². The highest BCUT2D eigenvalue weighted by Gasteiger charge is 2.19. The van der Waals surface area contributed by atoms with Crippen LogP contribution in [0.4, 0.5) is 11.6 Å². The standard InChI is InChI=1S/C25H18I2N4O3/c1-13-18-10-19-20(11-21(18)34-24(33)22(13)23(28)32)31(12-14-4-2-5-15(26)8-14)25(30-19)29-17-7-3-6-16(27)9-17/h2-11H,12H2,1H3,(H2,28,32)(H,29,30). The van der Waals surface area contributed by atoms with Crippen LogP contribution in [0.2, 0.25) is 0 Å². The number of carbonyl (C=O) groups excluding carboxylic acids is 1. The van der Waals surface area contributed by atoms with Crippen LogP contribution in [-0.4, -0.2) is 15.5 Å². The average molecular weight is 676 g/mol.